The van der Waals surface area contributed by atoms with Gasteiger partial charge in [0.05, 0.1) is 17.7 Å². The molecule has 0 aromatic heterocycles. The lowest BCUT2D eigenvalue weighted by atomic mass is 9.96. The number of piperidine rings is 2. The fourth-order valence-corrected chi connectivity index (χ4v) is 4.71. The van der Waals surface area contributed by atoms with Crippen LogP contribution in [0, 0.1) is 5.92 Å². The first-order valence-corrected chi connectivity index (χ1v) is 10.9. The van der Waals surface area contributed by atoms with Crippen LogP contribution in [0.3, 0.4) is 0 Å². The Kier molecular flexibility index (Phi) is 6.34. The third-order valence-corrected chi connectivity index (χ3v) is 6.49. The number of likely N-dealkylation sites (tertiary alicyclic amines) is 1. The van der Waals surface area contributed by atoms with Gasteiger partial charge in [-0.2, -0.15) is 0 Å². The normalized spacial score (nSPS) is 25.9. The molecular formula is C21H27N3O3S. The fourth-order valence-electron chi connectivity index (χ4n) is 4.02. The van der Waals surface area contributed by atoms with Crippen LogP contribution in [0.2, 0.25) is 0 Å². The molecule has 28 heavy (non-hydrogen) atoms. The zero-order chi connectivity index (χ0) is 19.3. The van der Waals surface area contributed by atoms with Gasteiger partial charge in [-0.3, -0.25) is 19.8 Å². The number of ether oxygens (including phenoxy) is 1. The highest BCUT2D eigenvalue weighted by Gasteiger charge is 2.26. The van der Waals surface area contributed by atoms with Crippen molar-refractivity contribution in [2.45, 2.75) is 38.3 Å². The summed E-state index contributed by atoms with van der Waals surface area (Å²) in [7, 11) is 0. The van der Waals surface area contributed by atoms with Crippen LogP contribution in [0.15, 0.2) is 29.2 Å². The number of amides is 2. The second-order valence-corrected chi connectivity index (χ2v) is 8.69. The molecule has 0 aliphatic carbocycles. The summed E-state index contributed by atoms with van der Waals surface area (Å²) >= 11 is 0.934. The number of hydrogen-bond acceptors (Lipinski definition) is 6. The average Bonchev–Trinajstić information content (AvgIpc) is 3.05. The van der Waals surface area contributed by atoms with Crippen LogP contribution in [0.1, 0.15) is 37.7 Å². The van der Waals surface area contributed by atoms with Crippen LogP contribution in [0.25, 0.3) is 6.08 Å². The van der Waals surface area contributed by atoms with Crippen LogP contribution in [0.5, 0.6) is 5.75 Å². The monoisotopic (exact) mass is 401 g/mol. The molecule has 3 saturated heterocycles. The standard InChI is InChI=1S/C21H27N3O3S/c25-20-18(28-21(26)23-20)13-15-4-6-17(7-5-15)27-14-16-8-11-24(12-9-16)19-3-1-2-10-22-19/h4-7,13,16,19,22H,1-3,8-12,14H2,(H,23,25,26)/b18-13+. The van der Waals surface area contributed by atoms with Crippen molar-refractivity contribution in [3.63, 3.8) is 0 Å². The van der Waals surface area contributed by atoms with Crippen molar-refractivity contribution in [2.75, 3.05) is 26.2 Å². The number of carbonyl (C=O) groups is 2. The van der Waals surface area contributed by atoms with E-state index in [2.05, 4.69) is 15.5 Å². The Hall–Kier alpha value is -1.83. The van der Waals surface area contributed by atoms with Crippen molar-refractivity contribution in [2.24, 2.45) is 5.92 Å². The van der Waals surface area contributed by atoms with E-state index in [1.54, 1.807) is 6.08 Å². The number of nitrogens with zero attached hydrogens (tertiary/aromatic N) is 1. The predicted molar refractivity (Wildman–Crippen MR) is 111 cm³/mol. The summed E-state index contributed by atoms with van der Waals surface area (Å²) in [5.41, 5.74) is 0.882. The molecule has 4 rings (SSSR count). The smallest absolute Gasteiger partial charge is 0.290 e. The summed E-state index contributed by atoms with van der Waals surface area (Å²) in [5, 5.41) is 5.59. The first kappa shape index (κ1) is 19.5. The van der Waals surface area contributed by atoms with E-state index < -0.39 is 0 Å². The van der Waals surface area contributed by atoms with E-state index in [0.29, 0.717) is 17.0 Å². The number of carbonyl (C=O) groups excluding carboxylic acids is 2. The van der Waals surface area contributed by atoms with Crippen LogP contribution >= 0.6 is 11.8 Å². The van der Waals surface area contributed by atoms with Gasteiger partial charge in [0.15, 0.2) is 0 Å². The second-order valence-electron chi connectivity index (χ2n) is 7.68. The topological polar surface area (TPSA) is 70.7 Å². The van der Waals surface area contributed by atoms with Crippen molar-refractivity contribution in [1.29, 1.82) is 0 Å². The number of nitrogens with one attached hydrogen (secondary N) is 2. The van der Waals surface area contributed by atoms with E-state index in [-0.39, 0.29) is 11.1 Å². The van der Waals surface area contributed by atoms with E-state index >= 15 is 0 Å². The first-order chi connectivity index (χ1) is 13.7. The van der Waals surface area contributed by atoms with E-state index in [1.807, 2.05) is 24.3 Å². The largest absolute Gasteiger partial charge is 0.493 e. The van der Waals surface area contributed by atoms with Crippen molar-refractivity contribution in [3.05, 3.63) is 34.7 Å². The van der Waals surface area contributed by atoms with Gasteiger partial charge >= 0.3 is 0 Å². The Bertz CT molecular complexity index is 736. The molecule has 0 radical (unpaired) electrons. The molecule has 3 fully saturated rings. The van der Waals surface area contributed by atoms with E-state index in [0.717, 1.165) is 49.3 Å². The average molecular weight is 402 g/mol. The minimum atomic E-state index is -0.329. The fraction of sp³-hybridized carbons (Fsp3) is 0.524. The molecule has 1 aromatic carbocycles. The molecule has 1 aromatic rings. The van der Waals surface area contributed by atoms with E-state index in [9.17, 15) is 9.59 Å². The van der Waals surface area contributed by atoms with Gasteiger partial charge < -0.3 is 10.1 Å². The Labute approximate surface area is 170 Å². The molecule has 0 saturated carbocycles. The quantitative estimate of drug-likeness (QED) is 0.739. The van der Waals surface area contributed by atoms with E-state index in [4.69, 9.17) is 4.74 Å². The van der Waals surface area contributed by atoms with Crippen molar-refractivity contribution in [1.82, 2.24) is 15.5 Å². The Morgan fingerprint density at radius 2 is 1.89 bits per heavy atom. The SMILES string of the molecule is O=C1NC(=O)/C(=C\c2ccc(OCC3CCN(C4CCCCN4)CC3)cc2)S1. The molecule has 3 aliphatic heterocycles. The number of imide groups is 1. The van der Waals surface area contributed by atoms with Crippen LogP contribution < -0.4 is 15.4 Å². The zero-order valence-corrected chi connectivity index (χ0v) is 16.8. The number of benzene rings is 1. The molecule has 6 nitrogen and oxygen atoms in total. The Morgan fingerprint density at radius 1 is 1.11 bits per heavy atom. The zero-order valence-electron chi connectivity index (χ0n) is 16.0. The predicted octanol–water partition coefficient (Wildman–Crippen LogP) is 3.20. The summed E-state index contributed by atoms with van der Waals surface area (Å²) < 4.78 is 6.00. The molecular weight excluding hydrogens is 374 g/mol. The van der Waals surface area contributed by atoms with Crippen LogP contribution in [0.4, 0.5) is 4.79 Å². The first-order valence-electron chi connectivity index (χ1n) is 10.1. The Balaban J connectivity index is 1.23. The van der Waals surface area contributed by atoms with Crippen LogP contribution in [-0.4, -0.2) is 48.5 Å². The lowest BCUT2D eigenvalue weighted by molar-refractivity contribution is -0.115. The summed E-state index contributed by atoms with van der Waals surface area (Å²) in [5.74, 6) is 1.12. The van der Waals surface area contributed by atoms with Gasteiger partial charge in [0.25, 0.3) is 11.1 Å². The maximum absolute atomic E-state index is 11.6. The molecule has 1 atom stereocenters. The number of thioether (sulfide) groups is 1. The van der Waals surface area contributed by atoms with Crippen molar-refractivity contribution in [3.8, 4) is 5.75 Å². The van der Waals surface area contributed by atoms with Gasteiger partial charge in [-0.25, -0.2) is 0 Å². The molecule has 0 spiro atoms. The minimum absolute atomic E-state index is 0.318. The third-order valence-electron chi connectivity index (χ3n) is 5.68. The molecule has 150 valence electrons. The highest BCUT2D eigenvalue weighted by atomic mass is 32.2. The van der Waals surface area contributed by atoms with Gasteiger partial charge in [0, 0.05) is 13.1 Å². The highest BCUT2D eigenvalue weighted by molar-refractivity contribution is 8.18. The number of rotatable bonds is 5. The highest BCUT2D eigenvalue weighted by Crippen LogP contribution is 2.27. The van der Waals surface area contributed by atoms with Crippen LogP contribution in [-0.2, 0) is 4.79 Å². The molecule has 1 unspecified atom stereocenters. The lowest BCUT2D eigenvalue weighted by Crippen LogP contribution is -2.51. The van der Waals surface area contributed by atoms with Crippen molar-refractivity contribution < 1.29 is 14.3 Å². The third kappa shape index (κ3) is 4.96. The van der Waals surface area contributed by atoms with Gasteiger partial charge in [-0.1, -0.05) is 12.1 Å². The maximum atomic E-state index is 11.6. The summed E-state index contributed by atoms with van der Waals surface area (Å²) in [4.78, 5) is 25.8. The number of hydrogen-bond donors (Lipinski definition) is 2. The lowest BCUT2D eigenvalue weighted by Gasteiger charge is -2.39. The van der Waals surface area contributed by atoms with Crippen molar-refractivity contribution >= 4 is 29.0 Å². The molecule has 3 aliphatic rings. The molecule has 2 amide bonds. The maximum Gasteiger partial charge on any atom is 0.290 e. The van der Waals surface area contributed by atoms with E-state index in [1.165, 1.54) is 32.1 Å². The molecule has 0 bridgehead atoms. The summed E-state index contributed by atoms with van der Waals surface area (Å²) in [6, 6.07) is 7.67. The minimum Gasteiger partial charge on any atom is -0.493 e. The Morgan fingerprint density at radius 3 is 2.54 bits per heavy atom. The summed E-state index contributed by atoms with van der Waals surface area (Å²) in [6.07, 6.45) is 8.59. The summed E-state index contributed by atoms with van der Waals surface area (Å²) in [6.45, 7) is 4.20. The second kappa shape index (κ2) is 9.11. The molecule has 2 N–H and O–H groups in total. The van der Waals surface area contributed by atoms with Gasteiger partial charge in [-0.05, 0) is 80.1 Å². The van der Waals surface area contributed by atoms with Gasteiger partial charge in [0.1, 0.15) is 5.75 Å². The molecule has 7 heteroatoms. The molecule has 3 heterocycles. The van der Waals surface area contributed by atoms with Gasteiger partial charge in [0.2, 0.25) is 0 Å². The van der Waals surface area contributed by atoms with Gasteiger partial charge in [-0.15, -0.1) is 0 Å².